The van der Waals surface area contributed by atoms with Crippen molar-refractivity contribution in [2.45, 2.75) is 42.6 Å². The molecule has 2 nitrogen and oxygen atoms in total. The zero-order valence-corrected chi connectivity index (χ0v) is 9.00. The minimum absolute atomic E-state index is 0.0405. The van der Waals surface area contributed by atoms with E-state index in [0.29, 0.717) is 6.42 Å². The minimum Gasteiger partial charge on any atom is -0.396 e. The summed E-state index contributed by atoms with van der Waals surface area (Å²) in [5.41, 5.74) is -0.893. The fraction of sp³-hybridized carbons (Fsp3) is 0.818. The lowest BCUT2D eigenvalue weighted by atomic mass is 9.63. The van der Waals surface area contributed by atoms with E-state index in [2.05, 4.69) is 0 Å². The Labute approximate surface area is 89.6 Å². The Balaban J connectivity index is 2.32. The molecule has 0 heterocycles. The van der Waals surface area contributed by atoms with Crippen molar-refractivity contribution in [3.05, 3.63) is 12.2 Å². The number of halogens is 1. The highest BCUT2D eigenvalue weighted by Gasteiger charge is 2.55. The van der Waals surface area contributed by atoms with Crippen molar-refractivity contribution >= 4 is 11.6 Å². The van der Waals surface area contributed by atoms with E-state index in [0.717, 1.165) is 25.7 Å². The van der Waals surface area contributed by atoms with Crippen molar-refractivity contribution in [1.82, 2.24) is 0 Å². The summed E-state index contributed by atoms with van der Waals surface area (Å²) in [6.45, 7) is 0.0405. The molecule has 0 saturated heterocycles. The maximum atomic E-state index is 10.6. The van der Waals surface area contributed by atoms with Crippen LogP contribution in [0, 0.1) is 5.92 Å². The van der Waals surface area contributed by atoms with Gasteiger partial charge in [-0.05, 0) is 25.7 Å². The number of fused-ring (bicyclic) bond motifs is 1. The van der Waals surface area contributed by atoms with E-state index >= 15 is 0 Å². The van der Waals surface area contributed by atoms with Crippen LogP contribution in [0.25, 0.3) is 0 Å². The second-order valence-corrected chi connectivity index (χ2v) is 5.26. The molecule has 0 spiro atoms. The van der Waals surface area contributed by atoms with Gasteiger partial charge in [0.1, 0.15) is 0 Å². The molecule has 1 fully saturated rings. The molecule has 0 aromatic rings. The van der Waals surface area contributed by atoms with Crippen LogP contribution in [-0.2, 0) is 0 Å². The van der Waals surface area contributed by atoms with Crippen LogP contribution >= 0.6 is 11.6 Å². The lowest BCUT2D eigenvalue weighted by Gasteiger charge is -2.52. The molecule has 0 bridgehead atoms. The second kappa shape index (κ2) is 3.51. The predicted octanol–water partition coefficient (Wildman–Crippen LogP) is 1.84. The molecule has 2 aliphatic carbocycles. The third-order valence-electron chi connectivity index (χ3n) is 3.83. The Morgan fingerprint density at radius 1 is 1.36 bits per heavy atom. The van der Waals surface area contributed by atoms with Gasteiger partial charge < -0.3 is 10.2 Å². The number of hydrogen-bond donors (Lipinski definition) is 2. The molecule has 2 rings (SSSR count). The van der Waals surface area contributed by atoms with Crippen LogP contribution in [0.4, 0.5) is 0 Å². The lowest BCUT2D eigenvalue weighted by Crippen LogP contribution is -2.59. The molecule has 3 atom stereocenters. The van der Waals surface area contributed by atoms with Crippen LogP contribution in [0.5, 0.6) is 0 Å². The molecule has 1 saturated carbocycles. The minimum atomic E-state index is -0.893. The van der Waals surface area contributed by atoms with E-state index in [-0.39, 0.29) is 12.5 Å². The Morgan fingerprint density at radius 3 is 2.79 bits per heavy atom. The first-order valence-corrected chi connectivity index (χ1v) is 5.67. The summed E-state index contributed by atoms with van der Waals surface area (Å²) in [5, 5.41) is 19.8. The Bertz CT molecular complexity index is 254. The van der Waals surface area contributed by atoms with Gasteiger partial charge in [-0.25, -0.2) is 0 Å². The molecule has 0 aromatic carbocycles. The first kappa shape index (κ1) is 10.5. The van der Waals surface area contributed by atoms with Crippen molar-refractivity contribution in [1.29, 1.82) is 0 Å². The average Bonchev–Trinajstić information content (AvgIpc) is 2.17. The third kappa shape index (κ3) is 1.32. The van der Waals surface area contributed by atoms with E-state index in [1.165, 1.54) is 0 Å². The standard InChI is InChI=1S/C11H17ClO2/c12-10-5-1-2-7-11(10,14)9(8-13)4-3-6-10/h1-2,9,13-14H,3-8H2/t9-,10+,11+/m0/s1. The molecule has 0 unspecified atom stereocenters. The van der Waals surface area contributed by atoms with Crippen LogP contribution in [0.1, 0.15) is 32.1 Å². The summed E-state index contributed by atoms with van der Waals surface area (Å²) in [6, 6.07) is 0. The zero-order valence-electron chi connectivity index (χ0n) is 8.25. The van der Waals surface area contributed by atoms with Crippen molar-refractivity contribution in [3.63, 3.8) is 0 Å². The van der Waals surface area contributed by atoms with E-state index < -0.39 is 10.5 Å². The summed E-state index contributed by atoms with van der Waals surface area (Å²) in [4.78, 5) is -0.534. The van der Waals surface area contributed by atoms with Gasteiger partial charge in [-0.1, -0.05) is 18.6 Å². The topological polar surface area (TPSA) is 40.5 Å². The van der Waals surface area contributed by atoms with Gasteiger partial charge in [0.25, 0.3) is 0 Å². The van der Waals surface area contributed by atoms with E-state index in [9.17, 15) is 10.2 Å². The first-order valence-electron chi connectivity index (χ1n) is 5.29. The molecule has 0 aliphatic heterocycles. The predicted molar refractivity (Wildman–Crippen MR) is 56.3 cm³/mol. The molecule has 14 heavy (non-hydrogen) atoms. The average molecular weight is 217 g/mol. The number of alkyl halides is 1. The van der Waals surface area contributed by atoms with Crippen molar-refractivity contribution in [3.8, 4) is 0 Å². The quantitative estimate of drug-likeness (QED) is 0.519. The van der Waals surface area contributed by atoms with Crippen LogP contribution in [0.2, 0.25) is 0 Å². The monoisotopic (exact) mass is 216 g/mol. The van der Waals surface area contributed by atoms with Gasteiger partial charge in [-0.2, -0.15) is 0 Å². The summed E-state index contributed by atoms with van der Waals surface area (Å²) < 4.78 is 0. The number of hydrogen-bond acceptors (Lipinski definition) is 2. The number of aliphatic hydroxyl groups excluding tert-OH is 1. The molecular weight excluding hydrogens is 200 g/mol. The summed E-state index contributed by atoms with van der Waals surface area (Å²) in [7, 11) is 0. The lowest BCUT2D eigenvalue weighted by molar-refractivity contribution is -0.0964. The molecule has 3 heteroatoms. The molecule has 0 amide bonds. The van der Waals surface area contributed by atoms with Gasteiger partial charge in [0.2, 0.25) is 0 Å². The van der Waals surface area contributed by atoms with Crippen molar-refractivity contribution in [2.75, 3.05) is 6.61 Å². The molecule has 0 aromatic heterocycles. The molecule has 80 valence electrons. The van der Waals surface area contributed by atoms with Gasteiger partial charge in [-0.15, -0.1) is 11.6 Å². The number of aliphatic hydroxyl groups is 2. The van der Waals surface area contributed by atoms with Crippen molar-refractivity contribution in [2.24, 2.45) is 5.92 Å². The first-order chi connectivity index (χ1) is 6.62. The fourth-order valence-electron chi connectivity index (χ4n) is 2.85. The SMILES string of the molecule is OC[C@@H]1CCC[C@]2(Cl)CC=CC[C@@]12O. The normalized spacial score (nSPS) is 47.5. The fourth-order valence-corrected chi connectivity index (χ4v) is 3.31. The maximum absolute atomic E-state index is 10.6. The summed E-state index contributed by atoms with van der Waals surface area (Å²) in [5.74, 6) is -0.0568. The molecule has 0 radical (unpaired) electrons. The highest BCUT2D eigenvalue weighted by molar-refractivity contribution is 6.25. The number of rotatable bonds is 1. The van der Waals surface area contributed by atoms with Gasteiger partial charge in [0, 0.05) is 12.5 Å². The largest absolute Gasteiger partial charge is 0.396 e. The molecule has 2 N–H and O–H groups in total. The Hall–Kier alpha value is -0.0500. The van der Waals surface area contributed by atoms with E-state index in [1.807, 2.05) is 12.2 Å². The summed E-state index contributed by atoms with van der Waals surface area (Å²) in [6.07, 6.45) is 8.07. The Kier molecular flexibility index (Phi) is 2.63. The molecule has 2 aliphatic rings. The molecular formula is C11H17ClO2. The Morgan fingerprint density at radius 2 is 2.07 bits per heavy atom. The summed E-state index contributed by atoms with van der Waals surface area (Å²) >= 11 is 6.48. The van der Waals surface area contributed by atoms with E-state index in [1.54, 1.807) is 0 Å². The van der Waals surface area contributed by atoms with Gasteiger partial charge in [-0.3, -0.25) is 0 Å². The zero-order chi connectivity index (χ0) is 10.2. The second-order valence-electron chi connectivity index (χ2n) is 4.54. The maximum Gasteiger partial charge on any atom is 0.0925 e. The van der Waals surface area contributed by atoms with Gasteiger partial charge in [0.15, 0.2) is 0 Å². The van der Waals surface area contributed by atoms with E-state index in [4.69, 9.17) is 11.6 Å². The number of allylic oxidation sites excluding steroid dienone is 1. The van der Waals surface area contributed by atoms with Crippen LogP contribution in [-0.4, -0.2) is 27.3 Å². The van der Waals surface area contributed by atoms with Crippen LogP contribution in [0.15, 0.2) is 12.2 Å². The van der Waals surface area contributed by atoms with Crippen molar-refractivity contribution < 1.29 is 10.2 Å². The highest BCUT2D eigenvalue weighted by atomic mass is 35.5. The smallest absolute Gasteiger partial charge is 0.0925 e. The highest BCUT2D eigenvalue weighted by Crippen LogP contribution is 2.51. The van der Waals surface area contributed by atoms with Crippen LogP contribution < -0.4 is 0 Å². The van der Waals surface area contributed by atoms with Crippen LogP contribution in [0.3, 0.4) is 0 Å². The third-order valence-corrected chi connectivity index (χ3v) is 4.50. The van der Waals surface area contributed by atoms with Gasteiger partial charge >= 0.3 is 0 Å². The van der Waals surface area contributed by atoms with Gasteiger partial charge in [0.05, 0.1) is 10.5 Å².